The minimum Gasteiger partial charge on any atom is -0.308 e. The number of rotatable bonds is 4. The van der Waals surface area contributed by atoms with E-state index in [1.165, 1.54) is 16.7 Å². The van der Waals surface area contributed by atoms with Gasteiger partial charge in [0.2, 0.25) is 0 Å². The summed E-state index contributed by atoms with van der Waals surface area (Å²) >= 11 is 3.61. The highest BCUT2D eigenvalue weighted by Gasteiger charge is 2.40. The van der Waals surface area contributed by atoms with Gasteiger partial charge in [-0.1, -0.05) is 91.0 Å². The zero-order chi connectivity index (χ0) is 20.6. The van der Waals surface area contributed by atoms with Gasteiger partial charge < -0.3 is 4.57 Å². The fourth-order valence-electron chi connectivity index (χ4n) is 4.40. The lowest BCUT2D eigenvalue weighted by Gasteiger charge is -2.38. The van der Waals surface area contributed by atoms with Crippen molar-refractivity contribution >= 4 is 27.1 Å². The molecule has 0 unspecified atom stereocenters. The van der Waals surface area contributed by atoms with E-state index in [9.17, 15) is 0 Å². The van der Waals surface area contributed by atoms with Crippen molar-refractivity contribution in [3.05, 3.63) is 130 Å². The summed E-state index contributed by atoms with van der Waals surface area (Å²) in [5, 5.41) is 0. The van der Waals surface area contributed by atoms with Crippen LogP contribution < -0.4 is 0 Å². The molecule has 0 atom stereocenters. The minimum atomic E-state index is -0.592. The standard InChI is InChI=1S/C26H20BrN3/c1-19-29-25-24(17-23(27)18-28-25)30(19)26(20-11-5-2-6-12-20,21-13-7-3-8-14-21)22-15-9-4-10-16-22/h2-18H,1H3. The monoisotopic (exact) mass is 453 g/mol. The van der Waals surface area contributed by atoms with Gasteiger partial charge in [0, 0.05) is 10.7 Å². The molecule has 5 aromatic rings. The number of aryl methyl sites for hydroxylation is 1. The molecule has 0 fully saturated rings. The molecule has 0 radical (unpaired) electrons. The van der Waals surface area contributed by atoms with Crippen molar-refractivity contribution in [3.63, 3.8) is 0 Å². The second-order valence-electron chi connectivity index (χ2n) is 7.30. The van der Waals surface area contributed by atoms with Crippen LogP contribution in [0.15, 0.2) is 108 Å². The summed E-state index contributed by atoms with van der Waals surface area (Å²) in [6.45, 7) is 2.05. The molecular formula is C26H20BrN3. The van der Waals surface area contributed by atoms with Crippen LogP contribution in [0.2, 0.25) is 0 Å². The minimum absolute atomic E-state index is 0.592. The Morgan fingerprint density at radius 3 is 1.67 bits per heavy atom. The Kier molecular flexibility index (Phi) is 4.72. The fourth-order valence-corrected chi connectivity index (χ4v) is 4.72. The highest BCUT2D eigenvalue weighted by Crippen LogP contribution is 2.43. The zero-order valence-electron chi connectivity index (χ0n) is 16.5. The Hall–Kier alpha value is -3.24. The van der Waals surface area contributed by atoms with Gasteiger partial charge in [-0.05, 0) is 45.6 Å². The molecule has 146 valence electrons. The molecule has 0 spiro atoms. The topological polar surface area (TPSA) is 30.7 Å². The molecule has 3 nitrogen and oxygen atoms in total. The maximum Gasteiger partial charge on any atom is 0.178 e. The van der Waals surface area contributed by atoms with Gasteiger partial charge in [-0.3, -0.25) is 0 Å². The number of halogens is 1. The molecule has 5 rings (SSSR count). The van der Waals surface area contributed by atoms with Crippen LogP contribution in [0, 0.1) is 6.92 Å². The Bertz CT molecular complexity index is 1200. The van der Waals surface area contributed by atoms with E-state index in [1.54, 1.807) is 6.20 Å². The van der Waals surface area contributed by atoms with Crippen molar-refractivity contribution in [3.8, 4) is 0 Å². The first-order chi connectivity index (χ1) is 14.7. The summed E-state index contributed by atoms with van der Waals surface area (Å²) in [6, 6.07) is 34.0. The quantitative estimate of drug-likeness (QED) is 0.297. The smallest absolute Gasteiger partial charge is 0.178 e. The molecule has 30 heavy (non-hydrogen) atoms. The van der Waals surface area contributed by atoms with E-state index in [0.29, 0.717) is 0 Å². The Morgan fingerprint density at radius 1 is 0.733 bits per heavy atom. The first kappa shape index (κ1) is 18.8. The molecule has 0 saturated carbocycles. The van der Waals surface area contributed by atoms with Crippen molar-refractivity contribution in [1.29, 1.82) is 0 Å². The number of pyridine rings is 1. The molecule has 0 aliphatic rings. The highest BCUT2D eigenvalue weighted by molar-refractivity contribution is 9.10. The van der Waals surface area contributed by atoms with Crippen molar-refractivity contribution < 1.29 is 0 Å². The normalized spacial score (nSPS) is 11.7. The fraction of sp³-hybridized carbons (Fsp3) is 0.0769. The van der Waals surface area contributed by atoms with Crippen LogP contribution >= 0.6 is 15.9 Å². The Balaban J connectivity index is 2.01. The van der Waals surface area contributed by atoms with Gasteiger partial charge in [0.1, 0.15) is 11.4 Å². The molecule has 0 amide bonds. The van der Waals surface area contributed by atoms with E-state index >= 15 is 0 Å². The van der Waals surface area contributed by atoms with E-state index in [1.807, 2.05) is 0 Å². The molecular weight excluding hydrogens is 434 g/mol. The molecule has 0 saturated heterocycles. The van der Waals surface area contributed by atoms with Crippen LogP contribution in [0.25, 0.3) is 11.2 Å². The lowest BCUT2D eigenvalue weighted by atomic mass is 9.76. The lowest BCUT2D eigenvalue weighted by molar-refractivity contribution is 0.516. The average Bonchev–Trinajstić information content (AvgIpc) is 3.12. The number of nitrogens with zero attached hydrogens (tertiary/aromatic N) is 3. The molecule has 0 aliphatic carbocycles. The molecule has 4 heteroatoms. The number of benzene rings is 3. The number of hydrogen-bond donors (Lipinski definition) is 0. The van der Waals surface area contributed by atoms with Gasteiger partial charge in [-0.15, -0.1) is 0 Å². The van der Waals surface area contributed by atoms with Crippen molar-refractivity contribution in [2.75, 3.05) is 0 Å². The molecule has 0 bridgehead atoms. The summed E-state index contributed by atoms with van der Waals surface area (Å²) < 4.78 is 3.25. The van der Waals surface area contributed by atoms with Crippen molar-refractivity contribution in [2.24, 2.45) is 0 Å². The third-order valence-electron chi connectivity index (χ3n) is 5.56. The van der Waals surface area contributed by atoms with Crippen LogP contribution in [-0.2, 0) is 5.54 Å². The molecule has 2 aromatic heterocycles. The molecule has 0 N–H and O–H groups in total. The summed E-state index contributed by atoms with van der Waals surface area (Å²) in [6.07, 6.45) is 1.80. The Morgan fingerprint density at radius 2 is 1.20 bits per heavy atom. The van der Waals surface area contributed by atoms with Crippen LogP contribution in [0.3, 0.4) is 0 Å². The Labute approximate surface area is 184 Å². The van der Waals surface area contributed by atoms with Crippen molar-refractivity contribution in [1.82, 2.24) is 14.5 Å². The maximum atomic E-state index is 4.83. The van der Waals surface area contributed by atoms with Crippen LogP contribution in [0.1, 0.15) is 22.5 Å². The predicted octanol–water partition coefficient (Wildman–Crippen LogP) is 6.34. The third-order valence-corrected chi connectivity index (χ3v) is 5.99. The van der Waals surface area contributed by atoms with Crippen LogP contribution in [0.5, 0.6) is 0 Å². The summed E-state index contributed by atoms with van der Waals surface area (Å²) in [4.78, 5) is 9.41. The van der Waals surface area contributed by atoms with E-state index in [0.717, 1.165) is 21.5 Å². The van der Waals surface area contributed by atoms with E-state index in [2.05, 4.69) is 129 Å². The number of fused-ring (bicyclic) bond motifs is 1. The summed E-state index contributed by atoms with van der Waals surface area (Å²) in [5.41, 5.74) is 4.64. The van der Waals surface area contributed by atoms with Gasteiger partial charge in [-0.2, -0.15) is 0 Å². The highest BCUT2D eigenvalue weighted by atomic mass is 79.9. The summed E-state index contributed by atoms with van der Waals surface area (Å²) in [5.74, 6) is 0.909. The number of imidazole rings is 1. The molecule has 0 aliphatic heterocycles. The van der Waals surface area contributed by atoms with Crippen molar-refractivity contribution in [2.45, 2.75) is 12.5 Å². The van der Waals surface area contributed by atoms with Gasteiger partial charge in [0.25, 0.3) is 0 Å². The first-order valence-electron chi connectivity index (χ1n) is 9.89. The van der Waals surface area contributed by atoms with E-state index in [4.69, 9.17) is 4.98 Å². The largest absolute Gasteiger partial charge is 0.308 e. The second kappa shape index (κ2) is 7.54. The maximum absolute atomic E-state index is 4.83. The van der Waals surface area contributed by atoms with Gasteiger partial charge in [0.05, 0.1) is 5.52 Å². The third kappa shape index (κ3) is 2.87. The molecule has 3 aromatic carbocycles. The zero-order valence-corrected chi connectivity index (χ0v) is 18.1. The number of hydrogen-bond acceptors (Lipinski definition) is 2. The predicted molar refractivity (Wildman–Crippen MR) is 125 cm³/mol. The lowest BCUT2D eigenvalue weighted by Crippen LogP contribution is -2.38. The SMILES string of the molecule is Cc1nc2ncc(Br)cc2n1C(c1ccccc1)(c1ccccc1)c1ccccc1. The van der Waals surface area contributed by atoms with E-state index in [-0.39, 0.29) is 0 Å². The number of aromatic nitrogens is 3. The average molecular weight is 454 g/mol. The van der Waals surface area contributed by atoms with Gasteiger partial charge in [0.15, 0.2) is 5.65 Å². The van der Waals surface area contributed by atoms with Crippen LogP contribution in [0.4, 0.5) is 0 Å². The molecule has 2 heterocycles. The summed E-state index contributed by atoms with van der Waals surface area (Å²) in [7, 11) is 0. The van der Waals surface area contributed by atoms with E-state index < -0.39 is 5.54 Å². The first-order valence-corrected chi connectivity index (χ1v) is 10.7. The van der Waals surface area contributed by atoms with Gasteiger partial charge in [-0.25, -0.2) is 9.97 Å². The van der Waals surface area contributed by atoms with Crippen LogP contribution in [-0.4, -0.2) is 14.5 Å². The van der Waals surface area contributed by atoms with Gasteiger partial charge >= 0.3 is 0 Å². The second-order valence-corrected chi connectivity index (χ2v) is 8.21.